The van der Waals surface area contributed by atoms with Crippen LogP contribution in [-0.4, -0.2) is 23.6 Å². The van der Waals surface area contributed by atoms with Crippen molar-refractivity contribution in [2.75, 3.05) is 6.54 Å². The van der Waals surface area contributed by atoms with Gasteiger partial charge in [0.1, 0.15) is 0 Å². The number of nitro groups is 1. The van der Waals surface area contributed by atoms with E-state index in [1.54, 1.807) is 12.1 Å². The molecule has 0 radical (unpaired) electrons. The molecule has 1 heterocycles. The number of benzene rings is 1. The molecule has 2 N–H and O–H groups in total. The minimum Gasteiger partial charge on any atom is -0.314 e. The molecule has 2 rings (SSSR count). The van der Waals surface area contributed by atoms with Gasteiger partial charge in [-0.05, 0) is 38.3 Å². The maximum atomic E-state index is 10.6. The van der Waals surface area contributed by atoms with Crippen LogP contribution in [-0.2, 0) is 6.54 Å². The van der Waals surface area contributed by atoms with Crippen molar-refractivity contribution < 1.29 is 4.92 Å². The van der Waals surface area contributed by atoms with Crippen LogP contribution in [0.4, 0.5) is 5.69 Å². The molecule has 2 atom stereocenters. The molecule has 1 aromatic carbocycles. The molecular formula is C14H21N3O2. The summed E-state index contributed by atoms with van der Waals surface area (Å²) >= 11 is 0. The smallest absolute Gasteiger partial charge is 0.269 e. The van der Waals surface area contributed by atoms with Crippen LogP contribution in [0.15, 0.2) is 24.3 Å². The maximum Gasteiger partial charge on any atom is 0.269 e. The van der Waals surface area contributed by atoms with Gasteiger partial charge in [0.2, 0.25) is 0 Å². The fourth-order valence-corrected chi connectivity index (χ4v) is 2.50. The average Bonchev–Trinajstić information content (AvgIpc) is 2.89. The van der Waals surface area contributed by atoms with Crippen LogP contribution < -0.4 is 10.6 Å². The normalized spacial score (nSPS) is 20.4. The lowest BCUT2D eigenvalue weighted by Crippen LogP contribution is -2.33. The van der Waals surface area contributed by atoms with E-state index in [1.165, 1.54) is 12.8 Å². The van der Waals surface area contributed by atoms with Gasteiger partial charge in [-0.25, -0.2) is 0 Å². The minimum absolute atomic E-state index is 0.145. The monoisotopic (exact) mass is 263 g/mol. The largest absolute Gasteiger partial charge is 0.314 e. The Kier molecular flexibility index (Phi) is 4.87. The SMILES string of the molecule is CC(CC1CCCN1)NCc1ccc([N+](=O)[O-])cc1. The van der Waals surface area contributed by atoms with Crippen molar-refractivity contribution in [3.63, 3.8) is 0 Å². The summed E-state index contributed by atoms with van der Waals surface area (Å²) in [5, 5.41) is 17.5. The number of rotatable bonds is 6. The van der Waals surface area contributed by atoms with E-state index in [9.17, 15) is 10.1 Å². The van der Waals surface area contributed by atoms with Gasteiger partial charge in [-0.2, -0.15) is 0 Å². The lowest BCUT2D eigenvalue weighted by atomic mass is 10.1. The van der Waals surface area contributed by atoms with E-state index in [-0.39, 0.29) is 10.6 Å². The summed E-state index contributed by atoms with van der Waals surface area (Å²) in [4.78, 5) is 10.2. The molecule has 104 valence electrons. The van der Waals surface area contributed by atoms with Crippen molar-refractivity contribution >= 4 is 5.69 Å². The third kappa shape index (κ3) is 4.29. The van der Waals surface area contributed by atoms with Crippen LogP contribution in [0, 0.1) is 10.1 Å². The molecule has 0 aliphatic carbocycles. The van der Waals surface area contributed by atoms with E-state index in [1.807, 2.05) is 12.1 Å². The number of hydrogen-bond acceptors (Lipinski definition) is 4. The fraction of sp³-hybridized carbons (Fsp3) is 0.571. The second-order valence-electron chi connectivity index (χ2n) is 5.23. The molecule has 0 aromatic heterocycles. The van der Waals surface area contributed by atoms with E-state index in [0.29, 0.717) is 12.1 Å². The van der Waals surface area contributed by atoms with Gasteiger partial charge in [0, 0.05) is 30.8 Å². The van der Waals surface area contributed by atoms with Crippen molar-refractivity contribution in [3.05, 3.63) is 39.9 Å². The zero-order chi connectivity index (χ0) is 13.7. The van der Waals surface area contributed by atoms with E-state index in [0.717, 1.165) is 25.1 Å². The van der Waals surface area contributed by atoms with Gasteiger partial charge in [0.25, 0.3) is 5.69 Å². The summed E-state index contributed by atoms with van der Waals surface area (Å²) < 4.78 is 0. The van der Waals surface area contributed by atoms with E-state index in [4.69, 9.17) is 0 Å². The molecule has 0 amide bonds. The first-order chi connectivity index (χ1) is 9.15. The van der Waals surface area contributed by atoms with Crippen LogP contribution in [0.2, 0.25) is 0 Å². The highest BCUT2D eigenvalue weighted by atomic mass is 16.6. The van der Waals surface area contributed by atoms with Gasteiger partial charge >= 0.3 is 0 Å². The molecule has 0 spiro atoms. The lowest BCUT2D eigenvalue weighted by molar-refractivity contribution is -0.384. The molecule has 2 unspecified atom stereocenters. The zero-order valence-electron chi connectivity index (χ0n) is 11.3. The van der Waals surface area contributed by atoms with Crippen molar-refractivity contribution in [3.8, 4) is 0 Å². The average molecular weight is 263 g/mol. The standard InChI is InChI=1S/C14H21N3O2/c1-11(9-13-3-2-8-15-13)16-10-12-4-6-14(7-5-12)17(18)19/h4-7,11,13,15-16H,2-3,8-10H2,1H3. The first-order valence-electron chi connectivity index (χ1n) is 6.85. The van der Waals surface area contributed by atoms with Crippen LogP contribution >= 0.6 is 0 Å². The Morgan fingerprint density at radius 2 is 2.21 bits per heavy atom. The van der Waals surface area contributed by atoms with Gasteiger partial charge in [-0.3, -0.25) is 10.1 Å². The Morgan fingerprint density at radius 3 is 2.79 bits per heavy atom. The number of nitrogens with one attached hydrogen (secondary N) is 2. The van der Waals surface area contributed by atoms with E-state index < -0.39 is 0 Å². The van der Waals surface area contributed by atoms with Crippen LogP contribution in [0.1, 0.15) is 31.7 Å². The molecule has 0 saturated carbocycles. The quantitative estimate of drug-likeness (QED) is 0.610. The Balaban J connectivity index is 1.76. The summed E-state index contributed by atoms with van der Waals surface area (Å²) in [6.45, 7) is 4.08. The van der Waals surface area contributed by atoms with Crippen LogP contribution in [0.5, 0.6) is 0 Å². The molecule has 0 bridgehead atoms. The Labute approximate surface area is 113 Å². The lowest BCUT2D eigenvalue weighted by Gasteiger charge is -2.18. The minimum atomic E-state index is -0.369. The number of non-ortho nitro benzene ring substituents is 1. The summed E-state index contributed by atoms with van der Waals surface area (Å²) in [5.74, 6) is 0. The first kappa shape index (κ1) is 14.0. The Hall–Kier alpha value is -1.46. The van der Waals surface area contributed by atoms with Crippen LogP contribution in [0.25, 0.3) is 0 Å². The fourth-order valence-electron chi connectivity index (χ4n) is 2.50. The van der Waals surface area contributed by atoms with E-state index in [2.05, 4.69) is 17.6 Å². The third-order valence-corrected chi connectivity index (χ3v) is 3.60. The van der Waals surface area contributed by atoms with E-state index >= 15 is 0 Å². The molecule has 19 heavy (non-hydrogen) atoms. The van der Waals surface area contributed by atoms with Gasteiger partial charge in [0.05, 0.1) is 4.92 Å². The molecule has 1 aliphatic rings. The molecule has 5 nitrogen and oxygen atoms in total. The predicted octanol–water partition coefficient (Wildman–Crippen LogP) is 2.21. The van der Waals surface area contributed by atoms with Crippen molar-refractivity contribution in [2.24, 2.45) is 0 Å². The number of hydrogen-bond donors (Lipinski definition) is 2. The van der Waals surface area contributed by atoms with Crippen molar-refractivity contribution in [1.82, 2.24) is 10.6 Å². The first-order valence-corrected chi connectivity index (χ1v) is 6.85. The second kappa shape index (κ2) is 6.63. The van der Waals surface area contributed by atoms with Gasteiger partial charge in [-0.1, -0.05) is 12.1 Å². The maximum absolute atomic E-state index is 10.6. The summed E-state index contributed by atoms with van der Waals surface area (Å²) in [5.41, 5.74) is 1.23. The summed E-state index contributed by atoms with van der Waals surface area (Å²) in [6, 6.07) is 7.82. The summed E-state index contributed by atoms with van der Waals surface area (Å²) in [7, 11) is 0. The predicted molar refractivity (Wildman–Crippen MR) is 75.0 cm³/mol. The molecule has 1 saturated heterocycles. The summed E-state index contributed by atoms with van der Waals surface area (Å²) in [6.07, 6.45) is 3.68. The highest BCUT2D eigenvalue weighted by Crippen LogP contribution is 2.13. The van der Waals surface area contributed by atoms with Crippen molar-refractivity contribution in [1.29, 1.82) is 0 Å². The molecule has 5 heteroatoms. The molecular weight excluding hydrogens is 242 g/mol. The Bertz CT molecular complexity index is 413. The van der Waals surface area contributed by atoms with Gasteiger partial charge < -0.3 is 10.6 Å². The second-order valence-corrected chi connectivity index (χ2v) is 5.23. The highest BCUT2D eigenvalue weighted by molar-refractivity contribution is 5.32. The molecule has 1 aliphatic heterocycles. The highest BCUT2D eigenvalue weighted by Gasteiger charge is 2.16. The number of nitrogens with zero attached hydrogens (tertiary/aromatic N) is 1. The van der Waals surface area contributed by atoms with Crippen LogP contribution in [0.3, 0.4) is 0 Å². The van der Waals surface area contributed by atoms with Gasteiger partial charge in [0.15, 0.2) is 0 Å². The molecule has 1 aromatic rings. The zero-order valence-corrected chi connectivity index (χ0v) is 11.3. The third-order valence-electron chi connectivity index (χ3n) is 3.60. The van der Waals surface area contributed by atoms with Crippen molar-refractivity contribution in [2.45, 2.75) is 44.8 Å². The topological polar surface area (TPSA) is 67.2 Å². The Morgan fingerprint density at radius 1 is 1.47 bits per heavy atom. The van der Waals surface area contributed by atoms with Gasteiger partial charge in [-0.15, -0.1) is 0 Å². The number of nitro benzene ring substituents is 1. The molecule has 1 fully saturated rings.